The van der Waals surface area contributed by atoms with Crippen LogP contribution in [0.1, 0.15) is 51.4 Å². The molecule has 176 valence electrons. The van der Waals surface area contributed by atoms with Crippen LogP contribution in [0.25, 0.3) is 10.4 Å². The Hall–Kier alpha value is -2.03. The number of halogens is 2. The second kappa shape index (κ2) is 10.3. The average molecular weight is 483 g/mol. The van der Waals surface area contributed by atoms with Crippen molar-refractivity contribution in [2.75, 3.05) is 6.54 Å². The zero-order valence-corrected chi connectivity index (χ0v) is 20.7. The van der Waals surface area contributed by atoms with Gasteiger partial charge in [-0.25, -0.2) is 9.37 Å². The van der Waals surface area contributed by atoms with Crippen molar-refractivity contribution in [2.24, 2.45) is 11.1 Å². The van der Waals surface area contributed by atoms with E-state index in [9.17, 15) is 14.0 Å². The van der Waals surface area contributed by atoms with E-state index in [4.69, 9.17) is 5.73 Å². The first kappa shape index (κ1) is 26.2. The quantitative estimate of drug-likeness (QED) is 0.673. The van der Waals surface area contributed by atoms with E-state index in [1.54, 1.807) is 11.3 Å². The van der Waals surface area contributed by atoms with E-state index >= 15 is 0 Å². The van der Waals surface area contributed by atoms with Gasteiger partial charge in [0.15, 0.2) is 0 Å². The minimum Gasteiger partial charge on any atom is -0.348 e. The molecule has 0 radical (unpaired) electrons. The first-order valence-corrected chi connectivity index (χ1v) is 11.4. The van der Waals surface area contributed by atoms with Gasteiger partial charge in [-0.2, -0.15) is 0 Å². The third-order valence-corrected chi connectivity index (χ3v) is 6.79. The highest BCUT2D eigenvalue weighted by molar-refractivity contribution is 7.13. The Morgan fingerprint density at radius 2 is 1.91 bits per heavy atom. The van der Waals surface area contributed by atoms with Crippen molar-refractivity contribution < 1.29 is 14.0 Å². The lowest BCUT2D eigenvalue weighted by molar-refractivity contribution is -0.141. The van der Waals surface area contributed by atoms with Gasteiger partial charge in [-0.3, -0.25) is 9.59 Å². The van der Waals surface area contributed by atoms with Crippen molar-refractivity contribution >= 4 is 35.6 Å². The molecule has 0 saturated carbocycles. The molecule has 1 aromatic carbocycles. The maximum absolute atomic E-state index is 14.2. The summed E-state index contributed by atoms with van der Waals surface area (Å²) in [7, 11) is 0. The number of nitrogens with one attached hydrogen (secondary N) is 1. The van der Waals surface area contributed by atoms with E-state index in [0.717, 1.165) is 21.7 Å². The van der Waals surface area contributed by atoms with Crippen LogP contribution in [0.5, 0.6) is 0 Å². The van der Waals surface area contributed by atoms with Crippen molar-refractivity contribution in [1.29, 1.82) is 0 Å². The first-order valence-electron chi connectivity index (χ1n) is 10.5. The number of hydrogen-bond acceptors (Lipinski definition) is 5. The SMILES string of the molecule is Cc1ncsc1-c1ccc(C(C)NC(=O)[C@@H]2C[C@H](F)CN2C(=O)C(N)C(C)(C)C)cc1.Cl. The summed E-state index contributed by atoms with van der Waals surface area (Å²) in [6.45, 7) is 9.31. The number of alkyl halides is 1. The fourth-order valence-corrected chi connectivity index (χ4v) is 4.53. The monoisotopic (exact) mass is 482 g/mol. The number of benzene rings is 1. The van der Waals surface area contributed by atoms with Gasteiger partial charge in [0.1, 0.15) is 12.2 Å². The summed E-state index contributed by atoms with van der Waals surface area (Å²) in [5.74, 6) is -0.741. The third kappa shape index (κ3) is 5.66. The molecule has 3 N–H and O–H groups in total. The van der Waals surface area contributed by atoms with Crippen LogP contribution in [0.2, 0.25) is 0 Å². The number of thiazole rings is 1. The van der Waals surface area contributed by atoms with Crippen LogP contribution >= 0.6 is 23.7 Å². The number of carbonyl (C=O) groups excluding carboxylic acids is 2. The summed E-state index contributed by atoms with van der Waals surface area (Å²) >= 11 is 1.59. The summed E-state index contributed by atoms with van der Waals surface area (Å²) < 4.78 is 14.2. The summed E-state index contributed by atoms with van der Waals surface area (Å²) in [5.41, 5.74) is 10.4. The van der Waals surface area contributed by atoms with Gasteiger partial charge in [0.05, 0.1) is 34.7 Å². The molecule has 9 heteroatoms. The van der Waals surface area contributed by atoms with E-state index in [-0.39, 0.29) is 43.2 Å². The molecule has 1 aromatic heterocycles. The van der Waals surface area contributed by atoms with Gasteiger partial charge in [-0.15, -0.1) is 23.7 Å². The van der Waals surface area contributed by atoms with Gasteiger partial charge in [-0.1, -0.05) is 45.0 Å². The van der Waals surface area contributed by atoms with Crippen molar-refractivity contribution in [3.63, 3.8) is 0 Å². The number of aryl methyl sites for hydroxylation is 1. The highest BCUT2D eigenvalue weighted by atomic mass is 35.5. The van der Waals surface area contributed by atoms with E-state index in [2.05, 4.69) is 10.3 Å². The molecule has 2 aromatic rings. The Morgan fingerprint density at radius 1 is 1.28 bits per heavy atom. The molecule has 2 heterocycles. The molecule has 1 fully saturated rings. The normalized spacial score (nSPS) is 20.4. The van der Waals surface area contributed by atoms with E-state index < -0.39 is 23.7 Å². The lowest BCUT2D eigenvalue weighted by Gasteiger charge is -2.32. The Morgan fingerprint density at radius 3 is 2.44 bits per heavy atom. The van der Waals surface area contributed by atoms with E-state index in [1.165, 1.54) is 4.90 Å². The smallest absolute Gasteiger partial charge is 0.243 e. The van der Waals surface area contributed by atoms with Crippen LogP contribution in [0.3, 0.4) is 0 Å². The molecular weight excluding hydrogens is 451 g/mol. The number of amides is 2. The molecule has 32 heavy (non-hydrogen) atoms. The molecular formula is C23H32ClFN4O2S. The Bertz CT molecular complexity index is 944. The van der Waals surface area contributed by atoms with Crippen molar-refractivity contribution in [3.05, 3.63) is 41.0 Å². The number of hydrogen-bond donors (Lipinski definition) is 2. The Labute approximate surface area is 199 Å². The molecule has 1 aliphatic rings. The fraction of sp³-hybridized carbons (Fsp3) is 0.522. The minimum absolute atomic E-state index is 0. The molecule has 6 nitrogen and oxygen atoms in total. The van der Waals surface area contributed by atoms with Gasteiger partial charge in [0, 0.05) is 6.42 Å². The second-order valence-electron chi connectivity index (χ2n) is 9.30. The molecule has 0 spiro atoms. The summed E-state index contributed by atoms with van der Waals surface area (Å²) in [6.07, 6.45) is -1.24. The molecule has 1 aliphatic heterocycles. The largest absolute Gasteiger partial charge is 0.348 e. The van der Waals surface area contributed by atoms with Crippen LogP contribution in [0, 0.1) is 12.3 Å². The summed E-state index contributed by atoms with van der Waals surface area (Å²) in [6, 6.07) is 6.00. The number of nitrogens with two attached hydrogens (primary N) is 1. The predicted octanol–water partition coefficient (Wildman–Crippen LogP) is 4.03. The number of aromatic nitrogens is 1. The van der Waals surface area contributed by atoms with Crippen molar-refractivity contribution in [2.45, 2.75) is 65.3 Å². The highest BCUT2D eigenvalue weighted by Gasteiger charge is 2.43. The van der Waals surface area contributed by atoms with Gasteiger partial charge < -0.3 is 16.0 Å². The topological polar surface area (TPSA) is 88.3 Å². The highest BCUT2D eigenvalue weighted by Crippen LogP contribution is 2.29. The maximum Gasteiger partial charge on any atom is 0.243 e. The van der Waals surface area contributed by atoms with Gasteiger partial charge in [0.25, 0.3) is 0 Å². The van der Waals surface area contributed by atoms with Crippen LogP contribution < -0.4 is 11.1 Å². The molecule has 0 aliphatic carbocycles. The molecule has 3 rings (SSSR count). The Kier molecular flexibility index (Phi) is 8.42. The standard InChI is InChI=1S/C23H31FN4O2S.ClH/c1-13(15-6-8-16(9-7-15)19-14(2)26-12-31-19)27-21(29)18-10-17(24)11-28(18)22(30)20(25)23(3,4)5;/h6-9,12-13,17-18,20H,10-11,25H2,1-5H3,(H,27,29);1H/t13?,17-,18-,20?;/m0./s1. The zero-order chi connectivity index (χ0) is 22.9. The average Bonchev–Trinajstić information content (AvgIpc) is 3.31. The van der Waals surface area contributed by atoms with Crippen LogP contribution in [-0.2, 0) is 9.59 Å². The van der Waals surface area contributed by atoms with Crippen LogP contribution in [-0.4, -0.2) is 46.5 Å². The summed E-state index contributed by atoms with van der Waals surface area (Å²) in [4.78, 5) is 32.5. The fourth-order valence-electron chi connectivity index (χ4n) is 3.72. The molecule has 1 saturated heterocycles. The first-order chi connectivity index (χ1) is 14.5. The number of rotatable bonds is 5. The number of nitrogens with zero attached hydrogens (tertiary/aromatic N) is 2. The number of likely N-dealkylation sites (tertiary alicyclic amines) is 1. The van der Waals surface area contributed by atoms with Crippen LogP contribution in [0.4, 0.5) is 4.39 Å². The second-order valence-corrected chi connectivity index (χ2v) is 10.2. The molecule has 2 amide bonds. The van der Waals surface area contributed by atoms with E-state index in [1.807, 2.05) is 64.4 Å². The lowest BCUT2D eigenvalue weighted by atomic mass is 9.86. The molecule has 4 atom stereocenters. The summed E-state index contributed by atoms with van der Waals surface area (Å²) in [5, 5.41) is 2.94. The van der Waals surface area contributed by atoms with Gasteiger partial charge in [-0.05, 0) is 30.4 Å². The van der Waals surface area contributed by atoms with E-state index in [0.29, 0.717) is 0 Å². The number of carbonyl (C=O) groups is 2. The van der Waals surface area contributed by atoms with Crippen LogP contribution in [0.15, 0.2) is 29.8 Å². The van der Waals surface area contributed by atoms with Gasteiger partial charge in [0.2, 0.25) is 11.8 Å². The van der Waals surface area contributed by atoms with Crippen molar-refractivity contribution in [1.82, 2.24) is 15.2 Å². The van der Waals surface area contributed by atoms with Gasteiger partial charge >= 0.3 is 0 Å². The molecule has 2 unspecified atom stereocenters. The minimum atomic E-state index is -1.23. The Balaban J connectivity index is 0.00000363. The zero-order valence-electron chi connectivity index (χ0n) is 19.1. The molecule has 0 bridgehead atoms. The third-order valence-electron chi connectivity index (χ3n) is 5.81. The lowest BCUT2D eigenvalue weighted by Crippen LogP contribution is -2.55. The predicted molar refractivity (Wildman–Crippen MR) is 129 cm³/mol. The maximum atomic E-state index is 14.2. The van der Waals surface area contributed by atoms with Crippen molar-refractivity contribution in [3.8, 4) is 10.4 Å².